The Kier molecular flexibility index (Phi) is 4.06. The van der Waals surface area contributed by atoms with Gasteiger partial charge in [-0.3, -0.25) is 10.4 Å². The molecule has 0 aliphatic rings. The lowest BCUT2D eigenvalue weighted by Gasteiger charge is -2.18. The molecule has 0 bridgehead atoms. The van der Waals surface area contributed by atoms with Crippen molar-refractivity contribution >= 4 is 29.2 Å². The normalized spacial score (nSPS) is 11.0. The standard InChI is InChI=1S/C10H16N4O2S/c1-10(2,3)4-6-5-11-14-7(6)12-8(17)13-9(15)16/h5H,4H2,1-3H3,(H,15,16)(H3,11,12,13,14,17). The van der Waals surface area contributed by atoms with Gasteiger partial charge in [-0.1, -0.05) is 20.8 Å². The Balaban J connectivity index is 2.69. The Morgan fingerprint density at radius 3 is 2.76 bits per heavy atom. The van der Waals surface area contributed by atoms with Crippen LogP contribution in [0.25, 0.3) is 0 Å². The number of H-pyrrole nitrogens is 1. The van der Waals surface area contributed by atoms with Gasteiger partial charge in [0.1, 0.15) is 5.82 Å². The van der Waals surface area contributed by atoms with Crippen molar-refractivity contribution in [3.63, 3.8) is 0 Å². The molecule has 1 aromatic rings. The van der Waals surface area contributed by atoms with Gasteiger partial charge in [0.05, 0.1) is 6.20 Å². The molecule has 0 fully saturated rings. The minimum Gasteiger partial charge on any atom is -0.465 e. The lowest BCUT2D eigenvalue weighted by atomic mass is 9.89. The van der Waals surface area contributed by atoms with Crippen LogP contribution in [0, 0.1) is 5.41 Å². The zero-order valence-corrected chi connectivity index (χ0v) is 10.8. The number of nitrogens with one attached hydrogen (secondary N) is 3. The number of rotatable bonds is 2. The maximum Gasteiger partial charge on any atom is 0.410 e. The Bertz CT molecular complexity index is 422. The molecule has 0 aliphatic carbocycles. The van der Waals surface area contributed by atoms with E-state index in [2.05, 4.69) is 41.6 Å². The van der Waals surface area contributed by atoms with Crippen LogP contribution in [0.5, 0.6) is 0 Å². The highest BCUT2D eigenvalue weighted by molar-refractivity contribution is 7.80. The minimum atomic E-state index is -1.20. The second-order valence-electron chi connectivity index (χ2n) is 4.89. The first-order valence-electron chi connectivity index (χ1n) is 5.11. The Hall–Kier alpha value is -1.63. The van der Waals surface area contributed by atoms with Crippen LogP contribution in [0.4, 0.5) is 10.6 Å². The lowest BCUT2D eigenvalue weighted by molar-refractivity contribution is 0.200. The van der Waals surface area contributed by atoms with Crippen molar-refractivity contribution in [2.75, 3.05) is 5.32 Å². The van der Waals surface area contributed by atoms with Gasteiger partial charge in [-0.15, -0.1) is 0 Å². The predicted octanol–water partition coefficient (Wildman–Crippen LogP) is 1.96. The van der Waals surface area contributed by atoms with Gasteiger partial charge < -0.3 is 10.4 Å². The zero-order valence-electron chi connectivity index (χ0n) is 10.00. The fraction of sp³-hybridized carbons (Fsp3) is 0.500. The Morgan fingerprint density at radius 2 is 2.24 bits per heavy atom. The number of thiocarbonyl (C=S) groups is 1. The largest absolute Gasteiger partial charge is 0.465 e. The number of aromatic amines is 1. The van der Waals surface area contributed by atoms with Crippen molar-refractivity contribution in [1.82, 2.24) is 15.5 Å². The molecule has 0 spiro atoms. The van der Waals surface area contributed by atoms with Crippen LogP contribution >= 0.6 is 12.2 Å². The van der Waals surface area contributed by atoms with Crippen LogP contribution in [0.1, 0.15) is 26.3 Å². The molecule has 0 aliphatic heterocycles. The van der Waals surface area contributed by atoms with Crippen molar-refractivity contribution in [1.29, 1.82) is 0 Å². The average molecular weight is 256 g/mol. The highest BCUT2D eigenvalue weighted by Gasteiger charge is 2.16. The number of carbonyl (C=O) groups is 1. The summed E-state index contributed by atoms with van der Waals surface area (Å²) in [5.74, 6) is 0.624. The summed E-state index contributed by atoms with van der Waals surface area (Å²) >= 11 is 4.83. The summed E-state index contributed by atoms with van der Waals surface area (Å²) in [6.45, 7) is 6.33. The molecule has 94 valence electrons. The quantitative estimate of drug-likeness (QED) is 0.607. The molecule has 0 saturated carbocycles. The predicted molar refractivity (Wildman–Crippen MR) is 69.1 cm³/mol. The second kappa shape index (κ2) is 5.13. The third-order valence-corrected chi connectivity index (χ3v) is 2.10. The van der Waals surface area contributed by atoms with Crippen molar-refractivity contribution < 1.29 is 9.90 Å². The second-order valence-corrected chi connectivity index (χ2v) is 5.30. The van der Waals surface area contributed by atoms with E-state index in [1.165, 1.54) is 0 Å². The maximum absolute atomic E-state index is 10.4. The highest BCUT2D eigenvalue weighted by Crippen LogP contribution is 2.24. The highest BCUT2D eigenvalue weighted by atomic mass is 32.1. The van der Waals surface area contributed by atoms with E-state index in [0.29, 0.717) is 5.82 Å². The van der Waals surface area contributed by atoms with Crippen molar-refractivity contribution in [3.05, 3.63) is 11.8 Å². The van der Waals surface area contributed by atoms with E-state index in [-0.39, 0.29) is 10.5 Å². The van der Waals surface area contributed by atoms with E-state index in [1.807, 2.05) is 0 Å². The molecule has 17 heavy (non-hydrogen) atoms. The number of hydrogen-bond acceptors (Lipinski definition) is 3. The first-order valence-corrected chi connectivity index (χ1v) is 5.52. The molecule has 0 radical (unpaired) electrons. The molecule has 7 heteroatoms. The lowest BCUT2D eigenvalue weighted by Crippen LogP contribution is -2.33. The number of carboxylic acid groups (broad SMARTS) is 1. The Labute approximate surface area is 105 Å². The van der Waals surface area contributed by atoms with E-state index in [0.717, 1.165) is 12.0 Å². The van der Waals surface area contributed by atoms with E-state index >= 15 is 0 Å². The SMILES string of the molecule is CC(C)(C)Cc1cn[nH]c1NC(=S)NC(=O)O. The van der Waals surface area contributed by atoms with Gasteiger partial charge in [-0.05, 0) is 24.1 Å². The van der Waals surface area contributed by atoms with Crippen molar-refractivity contribution in [3.8, 4) is 0 Å². The molecule has 1 aromatic heterocycles. The molecular weight excluding hydrogens is 240 g/mol. The van der Waals surface area contributed by atoms with Gasteiger partial charge in [0.2, 0.25) is 0 Å². The molecular formula is C10H16N4O2S. The van der Waals surface area contributed by atoms with Crippen molar-refractivity contribution in [2.45, 2.75) is 27.2 Å². The molecule has 1 heterocycles. The third kappa shape index (κ3) is 4.81. The summed E-state index contributed by atoms with van der Waals surface area (Å²) in [5.41, 5.74) is 1.08. The molecule has 1 rings (SSSR count). The molecule has 0 saturated heterocycles. The van der Waals surface area contributed by atoms with Crippen LogP contribution in [-0.4, -0.2) is 26.5 Å². The molecule has 0 unspecified atom stereocenters. The molecule has 0 atom stereocenters. The number of hydrogen-bond donors (Lipinski definition) is 4. The zero-order chi connectivity index (χ0) is 13.1. The molecule has 1 amide bonds. The van der Waals surface area contributed by atoms with Crippen LogP contribution in [-0.2, 0) is 6.42 Å². The van der Waals surface area contributed by atoms with Gasteiger partial charge in [-0.25, -0.2) is 4.79 Å². The van der Waals surface area contributed by atoms with Gasteiger partial charge in [0.25, 0.3) is 0 Å². The topological polar surface area (TPSA) is 90.0 Å². The van der Waals surface area contributed by atoms with E-state index < -0.39 is 6.09 Å². The van der Waals surface area contributed by atoms with Gasteiger partial charge in [0, 0.05) is 5.56 Å². The number of aromatic nitrogens is 2. The van der Waals surface area contributed by atoms with Crippen LogP contribution in [0.15, 0.2) is 6.20 Å². The fourth-order valence-corrected chi connectivity index (χ4v) is 1.56. The van der Waals surface area contributed by atoms with Crippen LogP contribution in [0.2, 0.25) is 0 Å². The fourth-order valence-electron chi connectivity index (χ4n) is 1.37. The molecule has 0 aromatic carbocycles. The van der Waals surface area contributed by atoms with Gasteiger partial charge in [-0.2, -0.15) is 5.10 Å². The Morgan fingerprint density at radius 1 is 1.59 bits per heavy atom. The smallest absolute Gasteiger partial charge is 0.410 e. The summed E-state index contributed by atoms with van der Waals surface area (Å²) in [4.78, 5) is 10.4. The van der Waals surface area contributed by atoms with Crippen LogP contribution < -0.4 is 10.6 Å². The summed E-state index contributed by atoms with van der Waals surface area (Å²) in [7, 11) is 0. The summed E-state index contributed by atoms with van der Waals surface area (Å²) in [5, 5.41) is 20.0. The van der Waals surface area contributed by atoms with Crippen molar-refractivity contribution in [2.24, 2.45) is 5.41 Å². The number of amides is 1. The summed E-state index contributed by atoms with van der Waals surface area (Å²) in [6, 6.07) is 0. The summed E-state index contributed by atoms with van der Waals surface area (Å²) < 4.78 is 0. The first-order chi connectivity index (χ1) is 7.78. The van der Waals surface area contributed by atoms with Gasteiger partial charge >= 0.3 is 6.09 Å². The van der Waals surface area contributed by atoms with E-state index in [9.17, 15) is 4.79 Å². The van der Waals surface area contributed by atoms with E-state index in [1.54, 1.807) is 6.20 Å². The minimum absolute atomic E-state index is 0.0249. The average Bonchev–Trinajstić information content (AvgIpc) is 2.48. The monoisotopic (exact) mass is 256 g/mol. The van der Waals surface area contributed by atoms with Gasteiger partial charge in [0.15, 0.2) is 5.11 Å². The third-order valence-electron chi connectivity index (χ3n) is 1.90. The number of anilines is 1. The maximum atomic E-state index is 10.4. The number of nitrogens with zero attached hydrogens (tertiary/aromatic N) is 1. The summed E-state index contributed by atoms with van der Waals surface area (Å²) in [6.07, 6.45) is 1.32. The first kappa shape index (κ1) is 13.4. The van der Waals surface area contributed by atoms with Crippen LogP contribution in [0.3, 0.4) is 0 Å². The van der Waals surface area contributed by atoms with E-state index in [4.69, 9.17) is 17.3 Å². The molecule has 6 nitrogen and oxygen atoms in total. The molecule has 4 N–H and O–H groups in total.